The van der Waals surface area contributed by atoms with Gasteiger partial charge in [0.1, 0.15) is 30.2 Å². The third-order valence-corrected chi connectivity index (χ3v) is 7.46. The molecule has 0 spiro atoms. The van der Waals surface area contributed by atoms with E-state index in [1.54, 1.807) is 28.8 Å². The van der Waals surface area contributed by atoms with Crippen molar-refractivity contribution in [2.75, 3.05) is 6.61 Å². The molecule has 1 saturated heterocycles. The van der Waals surface area contributed by atoms with Gasteiger partial charge in [-0.05, 0) is 24.3 Å². The molecule has 37 heavy (non-hydrogen) atoms. The number of nitrogens with one attached hydrogen (secondary N) is 2. The van der Waals surface area contributed by atoms with Gasteiger partial charge in [-0.2, -0.15) is 0 Å². The van der Waals surface area contributed by atoms with Gasteiger partial charge in [0, 0.05) is 27.1 Å². The summed E-state index contributed by atoms with van der Waals surface area (Å²) in [5.74, 6) is -1.75. The minimum absolute atomic E-state index is 0.109. The summed E-state index contributed by atoms with van der Waals surface area (Å²) in [5.41, 5.74) is 2.02. The van der Waals surface area contributed by atoms with E-state index in [1.165, 1.54) is 18.2 Å². The number of aromatic amines is 1. The lowest BCUT2D eigenvalue weighted by Crippen LogP contribution is -2.56. The van der Waals surface area contributed by atoms with E-state index < -0.39 is 54.9 Å². The van der Waals surface area contributed by atoms with Crippen molar-refractivity contribution in [3.8, 4) is 0 Å². The number of hydrogen-bond donors (Lipinski definition) is 6. The summed E-state index contributed by atoms with van der Waals surface area (Å²) in [4.78, 5) is 29.4. The number of carbonyl (C=O) groups excluding carboxylic acids is 2. The van der Waals surface area contributed by atoms with Crippen molar-refractivity contribution < 1.29 is 39.1 Å². The number of aromatic nitrogens is 2. The van der Waals surface area contributed by atoms with Crippen molar-refractivity contribution in [3.05, 3.63) is 59.4 Å². The molecule has 1 fully saturated rings. The second-order valence-electron chi connectivity index (χ2n) is 9.43. The Morgan fingerprint density at radius 2 is 1.65 bits per heavy atom. The molecule has 5 aromatic rings. The predicted octanol–water partition coefficient (Wildman–Crippen LogP) is 1.42. The minimum atomic E-state index is -1.64. The second-order valence-corrected chi connectivity index (χ2v) is 9.43. The SMILES string of the molecule is O=C1NC(=O)c2c1c1c3cc(F)ccc3[nH]c1c1c2c2ccccc2n1C1OC(CO)C(O)C(O)C1O. The molecule has 0 aliphatic carbocycles. The van der Waals surface area contributed by atoms with Crippen molar-refractivity contribution in [2.45, 2.75) is 30.6 Å². The molecule has 0 saturated carbocycles. The van der Waals surface area contributed by atoms with E-state index in [-0.39, 0.29) is 11.1 Å². The first-order chi connectivity index (χ1) is 17.8. The first-order valence-corrected chi connectivity index (χ1v) is 11.7. The van der Waals surface area contributed by atoms with Gasteiger partial charge in [-0.25, -0.2) is 4.39 Å². The molecule has 5 unspecified atom stereocenters. The van der Waals surface area contributed by atoms with Crippen LogP contribution in [0.25, 0.3) is 43.6 Å². The zero-order chi connectivity index (χ0) is 25.7. The van der Waals surface area contributed by atoms with Crippen LogP contribution in [0.2, 0.25) is 0 Å². The van der Waals surface area contributed by atoms with Crippen LogP contribution in [0.3, 0.4) is 0 Å². The van der Waals surface area contributed by atoms with Crippen LogP contribution in [-0.2, 0) is 4.74 Å². The number of aliphatic hydroxyl groups excluding tert-OH is 4. The number of H-pyrrole nitrogens is 1. The van der Waals surface area contributed by atoms with Crippen molar-refractivity contribution in [1.82, 2.24) is 14.9 Å². The van der Waals surface area contributed by atoms with E-state index in [4.69, 9.17) is 4.74 Å². The molecule has 3 aromatic carbocycles. The summed E-state index contributed by atoms with van der Waals surface area (Å²) in [7, 11) is 0. The molecule has 2 aliphatic rings. The maximum absolute atomic E-state index is 14.3. The molecule has 0 bridgehead atoms. The highest BCUT2D eigenvalue weighted by Gasteiger charge is 2.46. The maximum atomic E-state index is 14.3. The maximum Gasteiger partial charge on any atom is 0.259 e. The average molecular weight is 505 g/mol. The molecule has 188 valence electrons. The normalized spacial score (nSPS) is 26.0. The number of ether oxygens (including phenoxy) is 1. The van der Waals surface area contributed by atoms with Gasteiger partial charge in [-0.1, -0.05) is 18.2 Å². The lowest BCUT2D eigenvalue weighted by Gasteiger charge is -2.41. The Morgan fingerprint density at radius 3 is 2.41 bits per heavy atom. The number of hydrogen-bond acceptors (Lipinski definition) is 7. The monoisotopic (exact) mass is 505 g/mol. The Labute approximate surface area is 206 Å². The first kappa shape index (κ1) is 22.3. The summed E-state index contributed by atoms with van der Waals surface area (Å²) in [6.45, 7) is -0.619. The van der Waals surface area contributed by atoms with Gasteiger partial charge < -0.3 is 34.7 Å². The fraction of sp³-hybridized carbons (Fsp3) is 0.231. The fourth-order valence-electron chi connectivity index (χ4n) is 5.86. The molecule has 5 atom stereocenters. The number of nitrogens with zero attached hydrogens (tertiary/aromatic N) is 1. The predicted molar refractivity (Wildman–Crippen MR) is 130 cm³/mol. The zero-order valence-corrected chi connectivity index (χ0v) is 19.0. The van der Waals surface area contributed by atoms with E-state index >= 15 is 0 Å². The third-order valence-electron chi connectivity index (χ3n) is 7.46. The van der Waals surface area contributed by atoms with Gasteiger partial charge >= 0.3 is 0 Å². The molecule has 4 heterocycles. The number of imide groups is 1. The molecule has 0 radical (unpaired) electrons. The number of para-hydroxylation sites is 1. The molecule has 10 nitrogen and oxygen atoms in total. The van der Waals surface area contributed by atoms with E-state index in [1.807, 2.05) is 0 Å². The Kier molecular flexibility index (Phi) is 4.57. The summed E-state index contributed by atoms with van der Waals surface area (Å²) in [5, 5.41) is 45.7. The number of halogens is 1. The highest BCUT2D eigenvalue weighted by Crippen LogP contribution is 2.46. The smallest absolute Gasteiger partial charge is 0.259 e. The molecule has 2 aromatic heterocycles. The van der Waals surface area contributed by atoms with E-state index in [9.17, 15) is 34.4 Å². The Balaban J connectivity index is 1.71. The van der Waals surface area contributed by atoms with Crippen LogP contribution in [0.15, 0.2) is 42.5 Å². The molecule has 2 aliphatic heterocycles. The molecule has 11 heteroatoms. The standard InChI is InChI=1S/C26H20FN3O7/c27-9-5-6-12-11(7-9)15-17-18(25(36)29-24(17)35)16-10-3-1-2-4-13(10)30(20(16)19(15)28-12)26-23(34)22(33)21(32)14(8-31)37-26/h1-7,14,21-23,26,28,31-34H,8H2,(H,29,35,36). The first-order valence-electron chi connectivity index (χ1n) is 11.7. The van der Waals surface area contributed by atoms with Crippen LogP contribution in [0.5, 0.6) is 0 Å². The average Bonchev–Trinajstić information content (AvgIpc) is 3.52. The lowest BCUT2D eigenvalue weighted by atomic mass is 9.96. The van der Waals surface area contributed by atoms with Crippen LogP contribution in [0.1, 0.15) is 26.9 Å². The van der Waals surface area contributed by atoms with Crippen LogP contribution in [-0.4, -0.2) is 72.8 Å². The molecular weight excluding hydrogens is 485 g/mol. The van der Waals surface area contributed by atoms with Gasteiger partial charge in [-0.15, -0.1) is 0 Å². The zero-order valence-electron chi connectivity index (χ0n) is 19.0. The number of amides is 2. The van der Waals surface area contributed by atoms with Crippen LogP contribution < -0.4 is 5.32 Å². The quantitative estimate of drug-likeness (QED) is 0.198. The number of aliphatic hydroxyl groups is 4. The van der Waals surface area contributed by atoms with Crippen LogP contribution in [0, 0.1) is 5.82 Å². The highest BCUT2D eigenvalue weighted by molar-refractivity contribution is 6.39. The molecule has 2 amide bonds. The van der Waals surface area contributed by atoms with Crippen molar-refractivity contribution in [3.63, 3.8) is 0 Å². The van der Waals surface area contributed by atoms with Crippen molar-refractivity contribution in [2.24, 2.45) is 0 Å². The third kappa shape index (κ3) is 2.80. The number of rotatable bonds is 2. The van der Waals surface area contributed by atoms with Gasteiger partial charge in [0.25, 0.3) is 11.8 Å². The van der Waals surface area contributed by atoms with Crippen LogP contribution in [0.4, 0.5) is 4.39 Å². The lowest BCUT2D eigenvalue weighted by molar-refractivity contribution is -0.249. The summed E-state index contributed by atoms with van der Waals surface area (Å²) in [6, 6.07) is 11.0. The summed E-state index contributed by atoms with van der Waals surface area (Å²) < 4.78 is 21.8. The van der Waals surface area contributed by atoms with Gasteiger partial charge in [0.2, 0.25) is 0 Å². The fourth-order valence-corrected chi connectivity index (χ4v) is 5.86. The number of carbonyl (C=O) groups is 2. The van der Waals surface area contributed by atoms with E-state index in [0.717, 1.165) is 0 Å². The van der Waals surface area contributed by atoms with Gasteiger partial charge in [0.05, 0.1) is 34.3 Å². The second kappa shape index (κ2) is 7.57. The van der Waals surface area contributed by atoms with Crippen LogP contribution >= 0.6 is 0 Å². The highest BCUT2D eigenvalue weighted by atomic mass is 19.1. The van der Waals surface area contributed by atoms with Gasteiger partial charge in [-0.3, -0.25) is 14.9 Å². The molecular formula is C26H20FN3O7. The van der Waals surface area contributed by atoms with Crippen molar-refractivity contribution >= 4 is 55.4 Å². The number of fused-ring (bicyclic) bond motifs is 10. The largest absolute Gasteiger partial charge is 0.394 e. The Hall–Kier alpha value is -3.87. The van der Waals surface area contributed by atoms with E-state index in [2.05, 4.69) is 10.3 Å². The molecule has 6 N–H and O–H groups in total. The molecule has 7 rings (SSSR count). The summed E-state index contributed by atoms with van der Waals surface area (Å²) in [6.07, 6.45) is -7.28. The van der Waals surface area contributed by atoms with Gasteiger partial charge in [0.15, 0.2) is 6.23 Å². The van der Waals surface area contributed by atoms with E-state index in [0.29, 0.717) is 43.6 Å². The summed E-state index contributed by atoms with van der Waals surface area (Å²) >= 11 is 0. The Morgan fingerprint density at radius 1 is 0.919 bits per heavy atom. The topological polar surface area (TPSA) is 157 Å². The van der Waals surface area contributed by atoms with Crippen molar-refractivity contribution in [1.29, 1.82) is 0 Å². The Bertz CT molecular complexity index is 1810. The number of benzene rings is 3. The minimum Gasteiger partial charge on any atom is -0.394 e.